The molecule has 106 valence electrons. The lowest BCUT2D eigenvalue weighted by molar-refractivity contribution is -0.133. The summed E-state index contributed by atoms with van der Waals surface area (Å²) >= 11 is 3.43. The normalized spacial score (nSPS) is 15.0. The van der Waals surface area contributed by atoms with Gasteiger partial charge in [0.1, 0.15) is 0 Å². The predicted molar refractivity (Wildman–Crippen MR) is 83.9 cm³/mol. The number of nitrogens with one attached hydrogen (secondary N) is 1. The number of hydrogen-bond donors (Lipinski definition) is 1. The molecular weight excluding hydrogens is 288 g/mol. The Morgan fingerprint density at radius 2 is 1.75 bits per heavy atom. The largest absolute Gasteiger partial charge is 0.332 e. The van der Waals surface area contributed by atoms with Crippen LogP contribution in [0.1, 0.15) is 16.2 Å². The van der Waals surface area contributed by atoms with Crippen LogP contribution in [0.25, 0.3) is 0 Å². The molecule has 0 bridgehead atoms. The lowest BCUT2D eigenvalue weighted by Crippen LogP contribution is -2.45. The van der Waals surface area contributed by atoms with Gasteiger partial charge in [-0.05, 0) is 41.9 Å². The first-order chi connectivity index (χ1) is 9.81. The van der Waals surface area contributed by atoms with E-state index in [-0.39, 0.29) is 5.91 Å². The van der Waals surface area contributed by atoms with Gasteiger partial charge in [0.15, 0.2) is 0 Å². The zero-order valence-corrected chi connectivity index (χ0v) is 12.9. The van der Waals surface area contributed by atoms with Gasteiger partial charge in [0.2, 0.25) is 5.91 Å². The summed E-state index contributed by atoms with van der Waals surface area (Å²) in [5.41, 5.74) is 0. The van der Waals surface area contributed by atoms with Crippen molar-refractivity contribution < 1.29 is 4.79 Å². The van der Waals surface area contributed by atoms with Gasteiger partial charge in [0.25, 0.3) is 0 Å². The van der Waals surface area contributed by atoms with Crippen molar-refractivity contribution in [1.82, 2.24) is 10.2 Å². The molecule has 0 saturated carbocycles. The van der Waals surface area contributed by atoms with Crippen LogP contribution in [0.15, 0.2) is 35.0 Å². The number of carbonyl (C=O) groups excluding carboxylic acids is 1. The molecule has 3 rings (SSSR count). The molecule has 5 heteroatoms. The van der Waals surface area contributed by atoms with E-state index in [1.807, 2.05) is 17.0 Å². The maximum Gasteiger partial charge on any atom is 0.223 e. The van der Waals surface area contributed by atoms with E-state index >= 15 is 0 Å². The van der Waals surface area contributed by atoms with Gasteiger partial charge < -0.3 is 10.2 Å². The zero-order chi connectivity index (χ0) is 13.8. The van der Waals surface area contributed by atoms with Crippen LogP contribution in [-0.4, -0.2) is 23.9 Å². The molecule has 3 heterocycles. The van der Waals surface area contributed by atoms with E-state index in [9.17, 15) is 4.79 Å². The van der Waals surface area contributed by atoms with Gasteiger partial charge in [-0.3, -0.25) is 4.79 Å². The molecular formula is C15H18N2OS2. The van der Waals surface area contributed by atoms with Crippen LogP contribution in [0.4, 0.5) is 0 Å². The monoisotopic (exact) mass is 306 g/mol. The van der Waals surface area contributed by atoms with E-state index in [1.165, 1.54) is 9.75 Å². The minimum Gasteiger partial charge on any atom is -0.332 e. The molecule has 20 heavy (non-hydrogen) atoms. The lowest BCUT2D eigenvalue weighted by atomic mass is 9.98. The second kappa shape index (κ2) is 6.52. The van der Waals surface area contributed by atoms with Gasteiger partial charge in [-0.15, -0.1) is 22.7 Å². The fourth-order valence-electron chi connectivity index (χ4n) is 2.28. The standard InChI is InChI=1S/C15H18N2OS2/c18-15(7-12-8-16-9-12)17(10-13-3-1-5-19-13)11-14-4-2-6-20-14/h1-6,12,16H,7-11H2. The maximum atomic E-state index is 12.5. The van der Waals surface area contributed by atoms with Crippen molar-refractivity contribution in [3.05, 3.63) is 44.8 Å². The van der Waals surface area contributed by atoms with Gasteiger partial charge >= 0.3 is 0 Å². The number of rotatable bonds is 6. The smallest absolute Gasteiger partial charge is 0.223 e. The van der Waals surface area contributed by atoms with Gasteiger partial charge in [0, 0.05) is 16.2 Å². The van der Waals surface area contributed by atoms with Crippen LogP contribution in [0, 0.1) is 5.92 Å². The van der Waals surface area contributed by atoms with Crippen LogP contribution in [0.5, 0.6) is 0 Å². The van der Waals surface area contributed by atoms with E-state index < -0.39 is 0 Å². The highest BCUT2D eigenvalue weighted by Gasteiger charge is 2.24. The molecule has 0 radical (unpaired) electrons. The number of hydrogen-bond acceptors (Lipinski definition) is 4. The summed E-state index contributed by atoms with van der Waals surface area (Å²) in [5, 5.41) is 7.37. The number of amides is 1. The van der Waals surface area contributed by atoms with Crippen LogP contribution in [0.3, 0.4) is 0 Å². The molecule has 2 aromatic rings. The Kier molecular flexibility index (Phi) is 4.50. The first kappa shape index (κ1) is 13.8. The van der Waals surface area contributed by atoms with Gasteiger partial charge in [0.05, 0.1) is 13.1 Å². The van der Waals surface area contributed by atoms with Crippen molar-refractivity contribution in [1.29, 1.82) is 0 Å². The summed E-state index contributed by atoms with van der Waals surface area (Å²) in [6, 6.07) is 8.29. The van der Waals surface area contributed by atoms with E-state index in [0.29, 0.717) is 12.3 Å². The average molecular weight is 306 g/mol. The summed E-state index contributed by atoms with van der Waals surface area (Å²) in [5.74, 6) is 0.801. The number of thiophene rings is 2. The van der Waals surface area contributed by atoms with Crippen LogP contribution in [0.2, 0.25) is 0 Å². The first-order valence-electron chi connectivity index (χ1n) is 6.84. The Hall–Kier alpha value is -1.17. The van der Waals surface area contributed by atoms with Crippen molar-refractivity contribution in [2.75, 3.05) is 13.1 Å². The molecule has 1 aliphatic rings. The summed E-state index contributed by atoms with van der Waals surface area (Å²) in [4.78, 5) is 17.0. The molecule has 1 saturated heterocycles. The SMILES string of the molecule is O=C(CC1CNC1)N(Cc1cccs1)Cc1cccs1. The van der Waals surface area contributed by atoms with E-state index in [4.69, 9.17) is 0 Å². The lowest BCUT2D eigenvalue weighted by Gasteiger charge is -2.29. The third kappa shape index (κ3) is 3.48. The van der Waals surface area contributed by atoms with Crippen molar-refractivity contribution >= 4 is 28.6 Å². The first-order valence-corrected chi connectivity index (χ1v) is 8.60. The second-order valence-electron chi connectivity index (χ2n) is 5.14. The quantitative estimate of drug-likeness (QED) is 0.890. The number of carbonyl (C=O) groups is 1. The molecule has 0 aromatic carbocycles. The third-order valence-corrected chi connectivity index (χ3v) is 5.26. The van der Waals surface area contributed by atoms with E-state index in [0.717, 1.165) is 26.2 Å². The summed E-state index contributed by atoms with van der Waals surface area (Å²) in [6.07, 6.45) is 0.670. The maximum absolute atomic E-state index is 12.5. The number of nitrogens with zero attached hydrogens (tertiary/aromatic N) is 1. The second-order valence-corrected chi connectivity index (χ2v) is 7.20. The fourth-order valence-corrected chi connectivity index (χ4v) is 3.72. The Morgan fingerprint density at radius 3 is 2.15 bits per heavy atom. The molecule has 0 unspecified atom stereocenters. The van der Waals surface area contributed by atoms with Gasteiger partial charge in [-0.25, -0.2) is 0 Å². The highest BCUT2D eigenvalue weighted by atomic mass is 32.1. The Balaban J connectivity index is 1.66. The van der Waals surface area contributed by atoms with Crippen molar-refractivity contribution in [3.8, 4) is 0 Å². The van der Waals surface area contributed by atoms with Crippen LogP contribution in [-0.2, 0) is 17.9 Å². The highest BCUT2D eigenvalue weighted by molar-refractivity contribution is 7.10. The minimum absolute atomic E-state index is 0.276. The van der Waals surface area contributed by atoms with E-state index in [2.05, 4.69) is 28.2 Å². The third-order valence-electron chi connectivity index (χ3n) is 3.54. The molecule has 2 aromatic heterocycles. The zero-order valence-electron chi connectivity index (χ0n) is 11.2. The average Bonchev–Trinajstić information content (AvgIpc) is 3.06. The molecule has 0 aliphatic carbocycles. The van der Waals surface area contributed by atoms with Crippen molar-refractivity contribution in [2.45, 2.75) is 19.5 Å². The topological polar surface area (TPSA) is 32.3 Å². The van der Waals surface area contributed by atoms with Crippen molar-refractivity contribution in [3.63, 3.8) is 0 Å². The van der Waals surface area contributed by atoms with Crippen molar-refractivity contribution in [2.24, 2.45) is 5.92 Å². The molecule has 0 atom stereocenters. The predicted octanol–water partition coefficient (Wildman–Crippen LogP) is 2.95. The van der Waals surface area contributed by atoms with E-state index in [1.54, 1.807) is 22.7 Å². The Labute approximate surface area is 127 Å². The Bertz CT molecular complexity index is 496. The summed E-state index contributed by atoms with van der Waals surface area (Å²) < 4.78 is 0. The van der Waals surface area contributed by atoms with Crippen LogP contribution >= 0.6 is 22.7 Å². The summed E-state index contributed by atoms with van der Waals surface area (Å²) in [6.45, 7) is 3.43. The summed E-state index contributed by atoms with van der Waals surface area (Å²) in [7, 11) is 0. The fraction of sp³-hybridized carbons (Fsp3) is 0.400. The molecule has 3 nitrogen and oxygen atoms in total. The molecule has 1 aliphatic heterocycles. The van der Waals surface area contributed by atoms with Gasteiger partial charge in [-0.1, -0.05) is 12.1 Å². The van der Waals surface area contributed by atoms with Gasteiger partial charge in [-0.2, -0.15) is 0 Å². The van der Waals surface area contributed by atoms with Crippen LogP contribution < -0.4 is 5.32 Å². The molecule has 0 spiro atoms. The molecule has 1 fully saturated rings. The molecule has 1 N–H and O–H groups in total. The minimum atomic E-state index is 0.276. The molecule has 1 amide bonds. The highest BCUT2D eigenvalue weighted by Crippen LogP contribution is 2.20. The Morgan fingerprint density at radius 1 is 1.15 bits per heavy atom.